The second kappa shape index (κ2) is 4.69. The number of carbonyl (C=O) groups is 2. The molecule has 2 aromatic rings. The standard InChI is InChI=1S/C15H12N2O5/c18-13(12-2-1-5-20-12)16-9-3-4-11-10(8-9)15(14(19)17-11)21-6-7-22-15/h1-5,8H,6-7H2,(H,16,18)(H,17,19). The fourth-order valence-corrected chi connectivity index (χ4v) is 2.63. The minimum Gasteiger partial charge on any atom is -0.459 e. The van der Waals surface area contributed by atoms with Gasteiger partial charge in [-0.3, -0.25) is 9.59 Å². The fraction of sp³-hybridized carbons (Fsp3) is 0.200. The van der Waals surface area contributed by atoms with Gasteiger partial charge in [-0.2, -0.15) is 0 Å². The highest BCUT2D eigenvalue weighted by molar-refractivity contribution is 6.06. The summed E-state index contributed by atoms with van der Waals surface area (Å²) in [4.78, 5) is 24.1. The lowest BCUT2D eigenvalue weighted by molar-refractivity contribution is -0.178. The molecule has 7 heteroatoms. The lowest BCUT2D eigenvalue weighted by Crippen LogP contribution is -2.35. The predicted octanol–water partition coefficient (Wildman–Crippen LogP) is 1.68. The molecular formula is C15H12N2O5. The first-order chi connectivity index (χ1) is 10.7. The zero-order valence-electron chi connectivity index (χ0n) is 11.4. The van der Waals surface area contributed by atoms with Crippen molar-refractivity contribution in [1.82, 2.24) is 0 Å². The van der Waals surface area contributed by atoms with Crippen LogP contribution in [-0.4, -0.2) is 25.0 Å². The zero-order valence-corrected chi connectivity index (χ0v) is 11.4. The van der Waals surface area contributed by atoms with Crippen LogP contribution in [0.25, 0.3) is 0 Å². The van der Waals surface area contributed by atoms with Gasteiger partial charge in [-0.05, 0) is 30.3 Å². The molecule has 0 radical (unpaired) electrons. The first-order valence-corrected chi connectivity index (χ1v) is 6.78. The number of hydrogen-bond donors (Lipinski definition) is 2. The Bertz CT molecular complexity index is 747. The van der Waals surface area contributed by atoms with E-state index in [1.807, 2.05) is 0 Å². The minimum absolute atomic E-state index is 0.206. The highest BCUT2D eigenvalue weighted by Gasteiger charge is 2.52. The molecule has 22 heavy (non-hydrogen) atoms. The van der Waals surface area contributed by atoms with Gasteiger partial charge in [-0.15, -0.1) is 0 Å². The Morgan fingerprint density at radius 2 is 2.05 bits per heavy atom. The van der Waals surface area contributed by atoms with Gasteiger partial charge in [-0.25, -0.2) is 0 Å². The highest BCUT2D eigenvalue weighted by Crippen LogP contribution is 2.43. The molecule has 1 aromatic carbocycles. The third-order valence-corrected chi connectivity index (χ3v) is 3.62. The van der Waals surface area contributed by atoms with E-state index in [9.17, 15) is 9.59 Å². The van der Waals surface area contributed by atoms with Gasteiger partial charge < -0.3 is 24.5 Å². The maximum atomic E-state index is 12.1. The van der Waals surface area contributed by atoms with Gasteiger partial charge in [-0.1, -0.05) is 0 Å². The van der Waals surface area contributed by atoms with E-state index >= 15 is 0 Å². The molecule has 0 unspecified atom stereocenters. The smallest absolute Gasteiger partial charge is 0.291 e. The number of ether oxygens (including phenoxy) is 2. The van der Waals surface area contributed by atoms with Crippen LogP contribution in [0.2, 0.25) is 0 Å². The van der Waals surface area contributed by atoms with E-state index < -0.39 is 5.79 Å². The molecule has 0 atom stereocenters. The number of hydrogen-bond acceptors (Lipinski definition) is 5. The van der Waals surface area contributed by atoms with E-state index in [0.29, 0.717) is 30.2 Å². The number of carbonyl (C=O) groups excluding carboxylic acids is 2. The Morgan fingerprint density at radius 3 is 2.77 bits per heavy atom. The lowest BCUT2D eigenvalue weighted by Gasteiger charge is -2.19. The summed E-state index contributed by atoms with van der Waals surface area (Å²) in [6.07, 6.45) is 1.43. The van der Waals surface area contributed by atoms with E-state index in [0.717, 1.165) is 0 Å². The van der Waals surface area contributed by atoms with Crippen molar-refractivity contribution in [1.29, 1.82) is 0 Å². The number of amides is 2. The first-order valence-electron chi connectivity index (χ1n) is 6.78. The van der Waals surface area contributed by atoms with E-state index in [2.05, 4.69) is 10.6 Å². The molecule has 0 saturated carbocycles. The summed E-state index contributed by atoms with van der Waals surface area (Å²) < 4.78 is 16.1. The monoisotopic (exact) mass is 300 g/mol. The van der Waals surface area contributed by atoms with Gasteiger partial charge in [0, 0.05) is 11.3 Å². The van der Waals surface area contributed by atoms with Crippen LogP contribution in [-0.2, 0) is 20.1 Å². The van der Waals surface area contributed by atoms with Crippen LogP contribution in [0.3, 0.4) is 0 Å². The molecule has 4 rings (SSSR count). The van der Waals surface area contributed by atoms with Gasteiger partial charge in [0.05, 0.1) is 25.2 Å². The molecule has 112 valence electrons. The maximum absolute atomic E-state index is 12.1. The number of furan rings is 1. The number of benzene rings is 1. The third kappa shape index (κ3) is 1.83. The number of fused-ring (bicyclic) bond motifs is 2. The highest BCUT2D eigenvalue weighted by atomic mass is 16.7. The van der Waals surface area contributed by atoms with Crippen LogP contribution in [0.15, 0.2) is 41.0 Å². The van der Waals surface area contributed by atoms with Crippen LogP contribution in [0, 0.1) is 0 Å². The molecule has 0 bridgehead atoms. The fourth-order valence-electron chi connectivity index (χ4n) is 2.63. The second-order valence-corrected chi connectivity index (χ2v) is 4.96. The Balaban J connectivity index is 1.66. The van der Waals surface area contributed by atoms with E-state index in [1.54, 1.807) is 30.3 Å². The van der Waals surface area contributed by atoms with Crippen molar-refractivity contribution in [2.45, 2.75) is 5.79 Å². The van der Waals surface area contributed by atoms with Crippen LogP contribution in [0.1, 0.15) is 16.1 Å². The summed E-state index contributed by atoms with van der Waals surface area (Å²) in [6, 6.07) is 8.26. The maximum Gasteiger partial charge on any atom is 0.291 e. The lowest BCUT2D eigenvalue weighted by atomic mass is 10.1. The van der Waals surface area contributed by atoms with Gasteiger partial charge >= 0.3 is 0 Å². The second-order valence-electron chi connectivity index (χ2n) is 4.96. The van der Waals surface area contributed by atoms with Crippen LogP contribution in [0.4, 0.5) is 11.4 Å². The third-order valence-electron chi connectivity index (χ3n) is 3.62. The van der Waals surface area contributed by atoms with Crippen LogP contribution >= 0.6 is 0 Å². The summed E-state index contributed by atoms with van der Waals surface area (Å²) >= 11 is 0. The van der Waals surface area contributed by atoms with Gasteiger partial charge in [0.15, 0.2) is 5.76 Å². The molecule has 1 saturated heterocycles. The molecule has 7 nitrogen and oxygen atoms in total. The molecule has 2 aliphatic rings. The predicted molar refractivity (Wildman–Crippen MR) is 75.3 cm³/mol. The molecule has 3 heterocycles. The number of anilines is 2. The topological polar surface area (TPSA) is 89.8 Å². The van der Waals surface area contributed by atoms with Crippen molar-refractivity contribution in [3.8, 4) is 0 Å². The van der Waals surface area contributed by atoms with Gasteiger partial charge in [0.2, 0.25) is 0 Å². The molecule has 1 spiro atoms. The van der Waals surface area contributed by atoms with Crippen LogP contribution < -0.4 is 10.6 Å². The summed E-state index contributed by atoms with van der Waals surface area (Å²) in [5, 5.41) is 5.43. The summed E-state index contributed by atoms with van der Waals surface area (Å²) in [5.41, 5.74) is 1.70. The van der Waals surface area contributed by atoms with Crippen molar-refractivity contribution < 1.29 is 23.5 Å². The average Bonchev–Trinajstić information content (AvgIpc) is 3.24. The Kier molecular flexibility index (Phi) is 2.78. The Morgan fingerprint density at radius 1 is 1.23 bits per heavy atom. The zero-order chi connectivity index (χ0) is 15.2. The van der Waals surface area contributed by atoms with Crippen molar-refractivity contribution in [2.24, 2.45) is 0 Å². The quantitative estimate of drug-likeness (QED) is 0.880. The van der Waals surface area contributed by atoms with E-state index in [4.69, 9.17) is 13.9 Å². The normalized spacial score (nSPS) is 18.3. The Hall–Kier alpha value is -2.64. The molecule has 2 aliphatic heterocycles. The summed E-state index contributed by atoms with van der Waals surface area (Å²) in [6.45, 7) is 0.686. The molecule has 2 N–H and O–H groups in total. The SMILES string of the molecule is O=C(Nc1ccc2c(c1)C1(OCCO1)C(=O)N2)c1ccco1. The van der Waals surface area contributed by atoms with Gasteiger partial charge in [0.1, 0.15) is 0 Å². The van der Waals surface area contributed by atoms with Crippen molar-refractivity contribution in [2.75, 3.05) is 23.8 Å². The largest absolute Gasteiger partial charge is 0.459 e. The van der Waals surface area contributed by atoms with Crippen molar-refractivity contribution in [3.63, 3.8) is 0 Å². The molecule has 0 aliphatic carbocycles. The summed E-state index contributed by atoms with van der Waals surface area (Å²) in [7, 11) is 0. The molecule has 1 fully saturated rings. The van der Waals surface area contributed by atoms with Crippen molar-refractivity contribution >= 4 is 23.2 Å². The van der Waals surface area contributed by atoms with Gasteiger partial charge in [0.25, 0.3) is 17.6 Å². The molecule has 2 amide bonds. The minimum atomic E-state index is -1.40. The van der Waals surface area contributed by atoms with E-state index in [-0.39, 0.29) is 17.6 Å². The van der Waals surface area contributed by atoms with E-state index in [1.165, 1.54) is 6.26 Å². The summed E-state index contributed by atoms with van der Waals surface area (Å²) in [5.74, 6) is -1.92. The number of nitrogens with one attached hydrogen (secondary N) is 2. The Labute approximate surface area is 125 Å². The average molecular weight is 300 g/mol. The first kappa shape index (κ1) is 13.1. The van der Waals surface area contributed by atoms with Crippen LogP contribution in [0.5, 0.6) is 0 Å². The molecule has 1 aromatic heterocycles. The van der Waals surface area contributed by atoms with Crippen molar-refractivity contribution in [3.05, 3.63) is 47.9 Å². The number of rotatable bonds is 2. The molecular weight excluding hydrogens is 288 g/mol.